The third-order valence-corrected chi connectivity index (χ3v) is 3.99. The first kappa shape index (κ1) is 20.9. The number of nitrogens with one attached hydrogen (secondary N) is 1. The van der Waals surface area contributed by atoms with Crippen LogP contribution < -0.4 is 5.32 Å². The first-order chi connectivity index (χ1) is 11.8. The van der Waals surface area contributed by atoms with Gasteiger partial charge in [0.2, 0.25) is 0 Å². The molecular formula is C24H33N. The van der Waals surface area contributed by atoms with Gasteiger partial charge in [-0.05, 0) is 51.8 Å². The molecule has 1 heteroatoms. The van der Waals surface area contributed by atoms with Crippen molar-refractivity contribution in [1.29, 1.82) is 0 Å². The molecule has 0 saturated carbocycles. The molecule has 2 aromatic carbocycles. The summed E-state index contributed by atoms with van der Waals surface area (Å²) in [6, 6.07) is 17.5. The van der Waals surface area contributed by atoms with E-state index < -0.39 is 0 Å². The number of aryl methyl sites for hydroxylation is 2. The van der Waals surface area contributed by atoms with E-state index in [2.05, 4.69) is 94.7 Å². The fraction of sp³-hybridized carbons (Fsp3) is 0.333. The van der Waals surface area contributed by atoms with Gasteiger partial charge in [0.25, 0.3) is 0 Å². The van der Waals surface area contributed by atoms with Crippen molar-refractivity contribution in [3.8, 4) is 0 Å². The number of hydrogen-bond donors (Lipinski definition) is 1. The quantitative estimate of drug-likeness (QED) is 0.583. The molecule has 1 nitrogen and oxygen atoms in total. The van der Waals surface area contributed by atoms with Crippen molar-refractivity contribution in [3.05, 3.63) is 89.5 Å². The normalized spacial score (nSPS) is 11.2. The number of hydrogen-bond acceptors (Lipinski definition) is 1. The van der Waals surface area contributed by atoms with Crippen LogP contribution in [0.5, 0.6) is 0 Å². The Morgan fingerprint density at radius 2 is 1.60 bits per heavy atom. The summed E-state index contributed by atoms with van der Waals surface area (Å²) in [6.45, 7) is 19.3. The Morgan fingerprint density at radius 3 is 2.08 bits per heavy atom. The van der Waals surface area contributed by atoms with Crippen LogP contribution in [0.25, 0.3) is 5.57 Å². The lowest BCUT2D eigenvalue weighted by Gasteiger charge is -2.18. The van der Waals surface area contributed by atoms with Crippen molar-refractivity contribution in [2.45, 2.75) is 47.1 Å². The highest BCUT2D eigenvalue weighted by Gasteiger charge is 2.09. The molecule has 2 aromatic rings. The number of benzene rings is 2. The standard InChI is InChI=1S/C14H21N.C10H12/c1-5-15-14(9-11(2)3)13-8-6-7-12(4)10-13;1-8(2)10-6-4-9(3)5-7-10/h6-8,10,14-15H,2,5,9H2,1,3-4H3;4-7H,1H2,2-3H3. The van der Waals surface area contributed by atoms with E-state index >= 15 is 0 Å². The van der Waals surface area contributed by atoms with Crippen LogP contribution in [0.3, 0.4) is 0 Å². The summed E-state index contributed by atoms with van der Waals surface area (Å²) in [5, 5.41) is 3.50. The minimum atomic E-state index is 0.410. The molecule has 0 saturated heterocycles. The number of rotatable bonds is 6. The van der Waals surface area contributed by atoms with Crippen LogP contribution in [0.4, 0.5) is 0 Å². The van der Waals surface area contributed by atoms with E-state index in [1.807, 2.05) is 6.92 Å². The zero-order valence-corrected chi connectivity index (χ0v) is 16.5. The summed E-state index contributed by atoms with van der Waals surface area (Å²) < 4.78 is 0. The maximum absolute atomic E-state index is 3.99. The van der Waals surface area contributed by atoms with Gasteiger partial charge in [-0.15, -0.1) is 6.58 Å². The smallest absolute Gasteiger partial charge is 0.0357 e. The maximum Gasteiger partial charge on any atom is 0.0357 e. The Kier molecular flexibility index (Phi) is 8.94. The van der Waals surface area contributed by atoms with Gasteiger partial charge in [0, 0.05) is 6.04 Å². The molecular weight excluding hydrogens is 302 g/mol. The average molecular weight is 336 g/mol. The minimum absolute atomic E-state index is 0.410. The van der Waals surface area contributed by atoms with E-state index in [1.165, 1.54) is 27.8 Å². The molecule has 0 radical (unpaired) electrons. The predicted molar refractivity (Wildman–Crippen MR) is 113 cm³/mol. The summed E-state index contributed by atoms with van der Waals surface area (Å²) in [4.78, 5) is 0. The molecule has 25 heavy (non-hydrogen) atoms. The topological polar surface area (TPSA) is 12.0 Å². The highest BCUT2D eigenvalue weighted by molar-refractivity contribution is 5.61. The van der Waals surface area contributed by atoms with E-state index in [0.29, 0.717) is 6.04 Å². The molecule has 1 atom stereocenters. The van der Waals surface area contributed by atoms with Crippen molar-refractivity contribution in [2.75, 3.05) is 6.54 Å². The summed E-state index contributed by atoms with van der Waals surface area (Å²) in [7, 11) is 0. The fourth-order valence-corrected chi connectivity index (χ4v) is 2.63. The van der Waals surface area contributed by atoms with Gasteiger partial charge in [-0.2, -0.15) is 0 Å². The third kappa shape index (κ3) is 8.00. The van der Waals surface area contributed by atoms with Gasteiger partial charge in [-0.3, -0.25) is 0 Å². The Labute approximate surface area is 154 Å². The van der Waals surface area contributed by atoms with Crippen LogP contribution in [0.15, 0.2) is 67.3 Å². The van der Waals surface area contributed by atoms with Crippen molar-refractivity contribution < 1.29 is 0 Å². The molecule has 0 fully saturated rings. The Hall–Kier alpha value is -2.12. The van der Waals surface area contributed by atoms with Crippen molar-refractivity contribution in [3.63, 3.8) is 0 Å². The molecule has 0 aliphatic carbocycles. The molecule has 0 amide bonds. The van der Waals surface area contributed by atoms with Gasteiger partial charge in [0.05, 0.1) is 0 Å². The molecule has 1 unspecified atom stereocenters. The van der Waals surface area contributed by atoms with Crippen LogP contribution in [0.2, 0.25) is 0 Å². The lowest BCUT2D eigenvalue weighted by molar-refractivity contribution is 0.548. The van der Waals surface area contributed by atoms with E-state index in [-0.39, 0.29) is 0 Å². The van der Waals surface area contributed by atoms with Gasteiger partial charge < -0.3 is 5.32 Å². The van der Waals surface area contributed by atoms with Crippen LogP contribution in [0, 0.1) is 13.8 Å². The first-order valence-electron chi connectivity index (χ1n) is 9.00. The van der Waals surface area contributed by atoms with Gasteiger partial charge >= 0.3 is 0 Å². The molecule has 0 aromatic heterocycles. The summed E-state index contributed by atoms with van der Waals surface area (Å²) in [5.74, 6) is 0. The molecule has 0 aliphatic heterocycles. The van der Waals surface area contributed by atoms with Crippen LogP contribution >= 0.6 is 0 Å². The highest BCUT2D eigenvalue weighted by atomic mass is 14.9. The molecule has 0 aliphatic rings. The van der Waals surface area contributed by atoms with Crippen molar-refractivity contribution in [2.24, 2.45) is 0 Å². The van der Waals surface area contributed by atoms with Crippen LogP contribution in [-0.2, 0) is 0 Å². The second kappa shape index (κ2) is 10.7. The largest absolute Gasteiger partial charge is 0.310 e. The lowest BCUT2D eigenvalue weighted by atomic mass is 9.99. The van der Waals surface area contributed by atoms with E-state index in [1.54, 1.807) is 0 Å². The second-order valence-corrected chi connectivity index (χ2v) is 6.83. The van der Waals surface area contributed by atoms with Crippen molar-refractivity contribution in [1.82, 2.24) is 5.32 Å². The van der Waals surface area contributed by atoms with Gasteiger partial charge in [-0.25, -0.2) is 0 Å². The first-order valence-corrected chi connectivity index (χ1v) is 9.00. The van der Waals surface area contributed by atoms with Gasteiger partial charge in [-0.1, -0.05) is 84.3 Å². The summed E-state index contributed by atoms with van der Waals surface area (Å²) >= 11 is 0. The molecule has 0 bridgehead atoms. The molecule has 2 rings (SSSR count). The fourth-order valence-electron chi connectivity index (χ4n) is 2.63. The van der Waals surface area contributed by atoms with Crippen molar-refractivity contribution >= 4 is 5.57 Å². The minimum Gasteiger partial charge on any atom is -0.310 e. The molecule has 134 valence electrons. The average Bonchev–Trinajstić information content (AvgIpc) is 2.55. The number of allylic oxidation sites excluding steroid dienone is 1. The third-order valence-electron chi connectivity index (χ3n) is 3.99. The Balaban J connectivity index is 0.000000271. The zero-order valence-electron chi connectivity index (χ0n) is 16.5. The maximum atomic E-state index is 3.99. The summed E-state index contributed by atoms with van der Waals surface area (Å²) in [5.41, 5.74) is 7.55. The van der Waals surface area contributed by atoms with Crippen LogP contribution in [0.1, 0.15) is 55.5 Å². The van der Waals surface area contributed by atoms with Gasteiger partial charge in [0.1, 0.15) is 0 Å². The highest BCUT2D eigenvalue weighted by Crippen LogP contribution is 2.20. The molecule has 0 spiro atoms. The predicted octanol–water partition coefficient (Wildman–Crippen LogP) is 6.64. The van der Waals surface area contributed by atoms with E-state index in [4.69, 9.17) is 0 Å². The SMILES string of the molecule is C=C(C)CC(NCC)c1cccc(C)c1.C=C(C)c1ccc(C)cc1. The zero-order chi connectivity index (χ0) is 18.8. The molecule has 1 N–H and O–H groups in total. The Morgan fingerprint density at radius 1 is 0.960 bits per heavy atom. The second-order valence-electron chi connectivity index (χ2n) is 6.83. The molecule has 0 heterocycles. The van der Waals surface area contributed by atoms with E-state index in [9.17, 15) is 0 Å². The van der Waals surface area contributed by atoms with E-state index in [0.717, 1.165) is 18.5 Å². The summed E-state index contributed by atoms with van der Waals surface area (Å²) in [6.07, 6.45) is 1.01. The Bertz CT molecular complexity index is 679. The lowest BCUT2D eigenvalue weighted by Crippen LogP contribution is -2.21. The van der Waals surface area contributed by atoms with Crippen LogP contribution in [-0.4, -0.2) is 6.54 Å². The monoisotopic (exact) mass is 335 g/mol. The van der Waals surface area contributed by atoms with Gasteiger partial charge in [0.15, 0.2) is 0 Å².